The third-order valence-electron chi connectivity index (χ3n) is 18.6. The summed E-state index contributed by atoms with van der Waals surface area (Å²) >= 11 is 0. The number of pyridine rings is 1. The summed E-state index contributed by atoms with van der Waals surface area (Å²) in [6, 6.07) is 11.9. The molecule has 3 N–H and O–H groups in total. The highest BCUT2D eigenvalue weighted by Gasteiger charge is 2.53. The molecular formula is C67H95N3O15. The molecule has 0 spiro atoms. The molecule has 1 aromatic heterocycles. The number of rotatable bonds is 10. The number of esters is 2. The number of ether oxygens (including phenoxy) is 5. The molecule has 2 aromatic rings. The van der Waals surface area contributed by atoms with Gasteiger partial charge in [-0.25, -0.2) is 9.86 Å². The number of hydrogen-bond acceptors (Lipinski definition) is 17. The van der Waals surface area contributed by atoms with Gasteiger partial charge in [-0.05, 0) is 164 Å². The minimum absolute atomic E-state index is 0.0328. The Kier molecular flexibility index (Phi) is 23.3. The van der Waals surface area contributed by atoms with Gasteiger partial charge in [0.2, 0.25) is 5.79 Å². The van der Waals surface area contributed by atoms with Gasteiger partial charge in [0.05, 0.1) is 35.5 Å². The first-order valence-corrected chi connectivity index (χ1v) is 30.9. The van der Waals surface area contributed by atoms with Gasteiger partial charge < -0.3 is 43.9 Å². The number of allylic oxidation sites excluding steroid dienone is 1. The number of nitrogens with zero attached hydrogens (tertiary/aromatic N) is 3. The van der Waals surface area contributed by atoms with Gasteiger partial charge in [0.25, 0.3) is 11.7 Å². The molecule has 4 bridgehead atoms. The SMILES string of the molecule is CO[C@H]1C[C@@H]2CC[C@@H](C)[C@@](O)(O2)C(=O)C(=O)N2CCCCC2C(=O)O[C@@H]([C@H](C)C[C@@H]2CC[C@@H](OC(=O)C(C)(C)Cc3cc(C)ccn3)[C@H](O)C2)CC(=O)[C@H](C)/C=C(/C)[C@@H](O)[C@@H](OC)C(=O)[C@H](C)C[C@H](C)[C@@H]2C=C[C@H](/C=C\1C)ON2c1ccccc1. The maximum absolute atomic E-state index is 14.7. The van der Waals surface area contributed by atoms with Crippen molar-refractivity contribution in [2.75, 3.05) is 25.8 Å². The van der Waals surface area contributed by atoms with Crippen molar-refractivity contribution in [1.29, 1.82) is 0 Å². The lowest BCUT2D eigenvalue weighted by molar-refractivity contribution is -0.265. The molecule has 8 rings (SSSR count). The summed E-state index contributed by atoms with van der Waals surface area (Å²) in [7, 11) is 2.94. The first-order valence-electron chi connectivity index (χ1n) is 30.9. The zero-order chi connectivity index (χ0) is 62.1. The fraction of sp³-hybridized carbons (Fsp3) is 0.657. The molecule has 18 heteroatoms. The number of amides is 1. The summed E-state index contributed by atoms with van der Waals surface area (Å²) in [5.74, 6) is -9.58. The van der Waals surface area contributed by atoms with Crippen LogP contribution in [0.3, 0.4) is 0 Å². The summed E-state index contributed by atoms with van der Waals surface area (Å²) in [4.78, 5) is 98.6. The minimum Gasteiger partial charge on any atom is -0.460 e. The lowest BCUT2D eigenvalue weighted by atomic mass is 9.78. The predicted octanol–water partition coefficient (Wildman–Crippen LogP) is 8.68. The van der Waals surface area contributed by atoms with Gasteiger partial charge in [-0.1, -0.05) is 71.0 Å². The Bertz CT molecular complexity index is 2750. The molecule has 2 saturated heterocycles. The number of carbonyl (C=O) groups is 6. The number of methoxy groups -OCH3 is 2. The Hall–Kier alpha value is -5.47. The molecule has 1 saturated carbocycles. The minimum atomic E-state index is -2.51. The van der Waals surface area contributed by atoms with E-state index in [0.717, 1.165) is 22.5 Å². The number of aliphatic hydroxyl groups is 3. The normalized spacial score (nSPS) is 35.5. The molecule has 18 nitrogen and oxygen atoms in total. The van der Waals surface area contributed by atoms with Crippen LogP contribution in [0.2, 0.25) is 0 Å². The van der Waals surface area contributed by atoms with Crippen LogP contribution in [0.1, 0.15) is 151 Å². The molecule has 468 valence electrons. The summed E-state index contributed by atoms with van der Waals surface area (Å²) in [5.41, 5.74) is 2.81. The Morgan fingerprint density at radius 3 is 2.28 bits per heavy atom. The average Bonchev–Trinajstić information content (AvgIpc) is 1.67. The molecule has 1 aromatic carbocycles. The highest BCUT2D eigenvalue weighted by molar-refractivity contribution is 6.39. The monoisotopic (exact) mass is 1180 g/mol. The quantitative estimate of drug-likeness (QED) is 0.115. The number of hydroxylamine groups is 1. The maximum Gasteiger partial charge on any atom is 0.329 e. The van der Waals surface area contributed by atoms with Crippen LogP contribution in [0.4, 0.5) is 5.69 Å². The van der Waals surface area contributed by atoms with Crippen molar-refractivity contribution in [3.05, 3.63) is 95.4 Å². The van der Waals surface area contributed by atoms with Crippen molar-refractivity contribution in [1.82, 2.24) is 9.88 Å². The topological polar surface area (TPSA) is 238 Å². The van der Waals surface area contributed by atoms with Crippen molar-refractivity contribution < 1.29 is 72.6 Å². The number of para-hydroxylation sites is 1. The number of carbonyl (C=O) groups excluding carboxylic acids is 6. The van der Waals surface area contributed by atoms with Gasteiger partial charge >= 0.3 is 11.9 Å². The number of aromatic nitrogens is 1. The fourth-order valence-electron chi connectivity index (χ4n) is 13.2. The summed E-state index contributed by atoms with van der Waals surface area (Å²) in [6.45, 7) is 18.2. The Morgan fingerprint density at radius 2 is 1.60 bits per heavy atom. The molecule has 1 aliphatic carbocycles. The molecule has 6 aliphatic rings. The van der Waals surface area contributed by atoms with Crippen molar-refractivity contribution in [2.45, 2.75) is 219 Å². The van der Waals surface area contributed by atoms with Crippen LogP contribution in [0.5, 0.6) is 0 Å². The van der Waals surface area contributed by atoms with Crippen molar-refractivity contribution in [3.63, 3.8) is 0 Å². The summed E-state index contributed by atoms with van der Waals surface area (Å²) < 4.78 is 30.4. The predicted molar refractivity (Wildman–Crippen MR) is 319 cm³/mol. The molecular weight excluding hydrogens is 1090 g/mol. The summed E-state index contributed by atoms with van der Waals surface area (Å²) in [6.07, 6.45) is 6.44. The maximum atomic E-state index is 14.7. The summed E-state index contributed by atoms with van der Waals surface area (Å²) in [5, 5.41) is 37.4. The number of hydrogen-bond donors (Lipinski definition) is 3. The van der Waals surface area contributed by atoms with E-state index in [9.17, 15) is 44.1 Å². The van der Waals surface area contributed by atoms with E-state index in [2.05, 4.69) is 11.1 Å². The van der Waals surface area contributed by atoms with Gasteiger partial charge in [0.1, 0.15) is 42.3 Å². The number of aryl methyl sites for hydroxylation is 1. The third-order valence-corrected chi connectivity index (χ3v) is 18.6. The highest BCUT2D eigenvalue weighted by atomic mass is 16.7. The van der Waals surface area contributed by atoms with Crippen LogP contribution in [-0.2, 0) is 63.7 Å². The first kappa shape index (κ1) is 67.0. The van der Waals surface area contributed by atoms with E-state index in [1.165, 1.54) is 12.0 Å². The molecule has 1 amide bonds. The van der Waals surface area contributed by atoms with Crippen LogP contribution in [0.15, 0.2) is 84.1 Å². The number of ketones is 3. The second-order valence-corrected chi connectivity index (χ2v) is 26.0. The van der Waals surface area contributed by atoms with E-state index in [4.69, 9.17) is 28.5 Å². The van der Waals surface area contributed by atoms with Crippen molar-refractivity contribution in [2.24, 2.45) is 40.9 Å². The Morgan fingerprint density at radius 1 is 0.871 bits per heavy atom. The lowest BCUT2D eigenvalue weighted by Crippen LogP contribution is -2.61. The van der Waals surface area contributed by atoms with Gasteiger partial charge in [0, 0.05) is 69.7 Å². The number of Topliss-reactive ketones (excluding diaryl/α,β-unsaturated/α-hetero) is 3. The van der Waals surface area contributed by atoms with Gasteiger partial charge in [0.15, 0.2) is 5.78 Å². The van der Waals surface area contributed by atoms with Crippen LogP contribution in [0.25, 0.3) is 0 Å². The number of piperidine rings is 1. The molecule has 0 radical (unpaired) electrons. The van der Waals surface area contributed by atoms with E-state index in [1.807, 2.05) is 94.3 Å². The zero-order valence-corrected chi connectivity index (χ0v) is 52.1. The lowest BCUT2D eigenvalue weighted by Gasteiger charge is -2.43. The number of aliphatic hydroxyl groups excluding tert-OH is 2. The van der Waals surface area contributed by atoms with Crippen LogP contribution >= 0.6 is 0 Å². The average molecular weight is 1180 g/mol. The zero-order valence-electron chi connectivity index (χ0n) is 52.1. The third kappa shape index (κ3) is 16.6. The van der Waals surface area contributed by atoms with Gasteiger partial charge in [-0.2, -0.15) is 0 Å². The smallest absolute Gasteiger partial charge is 0.329 e. The van der Waals surface area contributed by atoms with Crippen LogP contribution < -0.4 is 5.06 Å². The molecule has 85 heavy (non-hydrogen) atoms. The molecule has 6 heterocycles. The standard InChI is InChI=1S/C67H95N3O15/c1-39-27-28-68-48(30-39)38-66(9,10)65(78)83-56-26-22-47(35-55(56)72)33-42(4)58-37-54(71)41(3)32-45(7)60(74)61(81-12)59(73)44(6)31-40(2)52-25-24-51(85-70(52)49-18-14-13-15-19-49)34-43(5)57(80-11)36-50-23-21-46(8)67(79,84-50)62(75)63(76)69-29-17-16-20-53(69)64(77)82-58/h13-15,18-19,24-25,27-28,30,32,34,40-42,44,46-47,50-53,55-58,60-61,72,74,79H,16-17,20-23,26,29,31,33,35-38H2,1-12H3/b43-34-,45-32-/t40-,41+,42+,44+,46+,47-,50-,51+,52-,53?,55+,56+,57-,58+,60+,61-,67+/m0/s1. The van der Waals surface area contributed by atoms with E-state index in [-0.39, 0.29) is 61.7 Å². The number of benzene rings is 1. The molecule has 5 aliphatic heterocycles. The molecule has 17 atom stereocenters. The number of fused-ring (bicyclic) bond motifs is 16. The second kappa shape index (κ2) is 29.5. The fourth-order valence-corrected chi connectivity index (χ4v) is 13.2. The molecule has 1 unspecified atom stereocenters. The van der Waals surface area contributed by atoms with Gasteiger partial charge in [-0.15, -0.1) is 0 Å². The van der Waals surface area contributed by atoms with E-state index >= 15 is 0 Å². The first-order chi connectivity index (χ1) is 40.2. The van der Waals surface area contributed by atoms with Crippen molar-refractivity contribution in [3.8, 4) is 0 Å². The Labute approximate surface area is 503 Å². The van der Waals surface area contributed by atoms with E-state index in [1.54, 1.807) is 54.0 Å². The second-order valence-electron chi connectivity index (χ2n) is 26.0. The largest absolute Gasteiger partial charge is 0.460 e. The van der Waals surface area contributed by atoms with Crippen molar-refractivity contribution >= 4 is 40.9 Å². The Balaban J connectivity index is 1.16. The van der Waals surface area contributed by atoms with Crippen LogP contribution in [-0.4, -0.2) is 148 Å². The van der Waals surface area contributed by atoms with Gasteiger partial charge in [-0.3, -0.25) is 33.8 Å². The molecule has 3 fully saturated rings. The van der Waals surface area contributed by atoms with E-state index < -0.39 is 113 Å². The highest BCUT2D eigenvalue weighted by Crippen LogP contribution is 2.39. The van der Waals surface area contributed by atoms with Crippen LogP contribution in [0, 0.1) is 47.8 Å². The number of anilines is 1. The van der Waals surface area contributed by atoms with E-state index in [0.29, 0.717) is 63.4 Å².